The van der Waals surface area contributed by atoms with Gasteiger partial charge in [-0.1, -0.05) is 34.1 Å². The number of hydrogen-bond donors (Lipinski definition) is 1. The fourth-order valence-corrected chi connectivity index (χ4v) is 1.71. The van der Waals surface area contributed by atoms with Gasteiger partial charge in [0.1, 0.15) is 0 Å². The lowest BCUT2D eigenvalue weighted by molar-refractivity contribution is -0.153. The van der Waals surface area contributed by atoms with Gasteiger partial charge in [-0.15, -0.1) is 0 Å². The second-order valence-corrected chi connectivity index (χ2v) is 3.93. The van der Waals surface area contributed by atoms with Gasteiger partial charge in [0.05, 0.1) is 6.61 Å². The number of rotatable bonds is 3. The van der Waals surface area contributed by atoms with E-state index in [-0.39, 0.29) is 6.61 Å². The maximum Gasteiger partial charge on any atom is 0.339 e. The van der Waals surface area contributed by atoms with Crippen LogP contribution in [0.3, 0.4) is 0 Å². The Morgan fingerprint density at radius 2 is 2.27 bits per heavy atom. The van der Waals surface area contributed by atoms with Crippen LogP contribution in [-0.4, -0.2) is 17.7 Å². The number of aryl methyl sites for hydroxylation is 1. The summed E-state index contributed by atoms with van der Waals surface area (Å²) in [7, 11) is 0. The molecule has 1 unspecified atom stereocenters. The minimum Gasteiger partial charge on any atom is -0.464 e. The van der Waals surface area contributed by atoms with E-state index in [1.54, 1.807) is 19.1 Å². The van der Waals surface area contributed by atoms with Crippen LogP contribution in [0.25, 0.3) is 0 Å². The number of esters is 1. The molecule has 0 aromatic heterocycles. The highest BCUT2D eigenvalue weighted by Gasteiger charge is 2.21. The maximum absolute atomic E-state index is 11.3. The van der Waals surface area contributed by atoms with Gasteiger partial charge in [-0.3, -0.25) is 0 Å². The molecule has 15 heavy (non-hydrogen) atoms. The zero-order valence-electron chi connectivity index (χ0n) is 8.66. The van der Waals surface area contributed by atoms with Crippen molar-refractivity contribution in [2.24, 2.45) is 0 Å². The molecule has 0 aliphatic carbocycles. The van der Waals surface area contributed by atoms with Crippen molar-refractivity contribution in [3.05, 3.63) is 33.8 Å². The number of ether oxygens (including phenoxy) is 1. The van der Waals surface area contributed by atoms with E-state index in [4.69, 9.17) is 4.74 Å². The second-order valence-electron chi connectivity index (χ2n) is 3.13. The molecule has 0 bridgehead atoms. The average Bonchev–Trinajstić information content (AvgIpc) is 2.21. The van der Waals surface area contributed by atoms with Crippen molar-refractivity contribution in [1.82, 2.24) is 0 Å². The number of carbonyl (C=O) groups is 1. The first-order valence-corrected chi connectivity index (χ1v) is 5.47. The molecule has 3 nitrogen and oxygen atoms in total. The van der Waals surface area contributed by atoms with Crippen molar-refractivity contribution in [3.8, 4) is 0 Å². The van der Waals surface area contributed by atoms with Gasteiger partial charge in [-0.25, -0.2) is 4.79 Å². The van der Waals surface area contributed by atoms with Gasteiger partial charge in [0.2, 0.25) is 0 Å². The molecular weight excluding hydrogens is 260 g/mol. The van der Waals surface area contributed by atoms with Gasteiger partial charge in [0, 0.05) is 10.0 Å². The Morgan fingerprint density at radius 1 is 1.60 bits per heavy atom. The number of aliphatic hydroxyl groups excluding tert-OH is 1. The number of halogens is 1. The molecule has 0 heterocycles. The Kier molecular flexibility index (Phi) is 4.29. The van der Waals surface area contributed by atoms with Crippen LogP contribution in [0.15, 0.2) is 22.7 Å². The van der Waals surface area contributed by atoms with E-state index in [1.165, 1.54) is 0 Å². The molecule has 0 amide bonds. The number of aliphatic hydroxyl groups is 1. The minimum atomic E-state index is -1.22. The van der Waals surface area contributed by atoms with Gasteiger partial charge in [0.25, 0.3) is 0 Å². The first-order valence-electron chi connectivity index (χ1n) is 4.67. The molecule has 0 radical (unpaired) electrons. The van der Waals surface area contributed by atoms with Crippen molar-refractivity contribution in [3.63, 3.8) is 0 Å². The third kappa shape index (κ3) is 2.79. The van der Waals surface area contributed by atoms with Gasteiger partial charge < -0.3 is 9.84 Å². The first kappa shape index (κ1) is 12.2. The van der Waals surface area contributed by atoms with E-state index < -0.39 is 12.1 Å². The van der Waals surface area contributed by atoms with Crippen LogP contribution in [-0.2, 0) is 9.53 Å². The third-order valence-corrected chi connectivity index (χ3v) is 3.11. The summed E-state index contributed by atoms with van der Waals surface area (Å²) in [5.41, 5.74) is 1.50. The van der Waals surface area contributed by atoms with E-state index in [9.17, 15) is 9.90 Å². The molecule has 0 saturated heterocycles. The predicted octanol–water partition coefficient (Wildman–Crippen LogP) is 2.35. The Bertz CT molecular complexity index is 363. The van der Waals surface area contributed by atoms with Crippen LogP contribution in [0, 0.1) is 6.92 Å². The van der Waals surface area contributed by atoms with E-state index in [2.05, 4.69) is 15.9 Å². The monoisotopic (exact) mass is 272 g/mol. The summed E-state index contributed by atoms with van der Waals surface area (Å²) in [6, 6.07) is 5.38. The van der Waals surface area contributed by atoms with Crippen LogP contribution in [0.4, 0.5) is 0 Å². The summed E-state index contributed by atoms with van der Waals surface area (Å²) < 4.78 is 5.48. The van der Waals surface area contributed by atoms with Crippen LogP contribution >= 0.6 is 15.9 Å². The molecule has 4 heteroatoms. The summed E-state index contributed by atoms with van der Waals surface area (Å²) in [5, 5.41) is 9.72. The van der Waals surface area contributed by atoms with Crippen molar-refractivity contribution in [1.29, 1.82) is 0 Å². The van der Waals surface area contributed by atoms with E-state index in [0.29, 0.717) is 5.56 Å². The van der Waals surface area contributed by atoms with Gasteiger partial charge in [-0.05, 0) is 19.4 Å². The molecule has 0 spiro atoms. The highest BCUT2D eigenvalue weighted by Crippen LogP contribution is 2.27. The highest BCUT2D eigenvalue weighted by molar-refractivity contribution is 9.10. The molecule has 0 aliphatic rings. The van der Waals surface area contributed by atoms with Gasteiger partial charge >= 0.3 is 5.97 Å². The van der Waals surface area contributed by atoms with Gasteiger partial charge in [0.15, 0.2) is 6.10 Å². The standard InChI is InChI=1S/C11H13BrO3/c1-3-15-11(14)10(13)8-6-4-5-7(2)9(8)12/h4-6,10,13H,3H2,1-2H3. The highest BCUT2D eigenvalue weighted by atomic mass is 79.9. The Morgan fingerprint density at radius 3 is 2.87 bits per heavy atom. The summed E-state index contributed by atoms with van der Waals surface area (Å²) in [6.45, 7) is 3.86. The van der Waals surface area contributed by atoms with Crippen molar-refractivity contribution >= 4 is 21.9 Å². The van der Waals surface area contributed by atoms with Gasteiger partial charge in [-0.2, -0.15) is 0 Å². The van der Waals surface area contributed by atoms with Crippen LogP contribution in [0.2, 0.25) is 0 Å². The zero-order chi connectivity index (χ0) is 11.4. The minimum absolute atomic E-state index is 0.263. The van der Waals surface area contributed by atoms with Crippen LogP contribution in [0.1, 0.15) is 24.2 Å². The smallest absolute Gasteiger partial charge is 0.339 e. The number of benzene rings is 1. The van der Waals surface area contributed by atoms with Crippen LogP contribution in [0.5, 0.6) is 0 Å². The fourth-order valence-electron chi connectivity index (χ4n) is 1.23. The normalized spacial score (nSPS) is 12.3. The molecule has 1 aromatic carbocycles. The fraction of sp³-hybridized carbons (Fsp3) is 0.364. The Labute approximate surface area is 97.2 Å². The molecule has 0 fully saturated rings. The Hall–Kier alpha value is -0.870. The van der Waals surface area contributed by atoms with Crippen molar-refractivity contribution in [2.75, 3.05) is 6.61 Å². The quantitative estimate of drug-likeness (QED) is 0.860. The molecule has 1 rings (SSSR count). The molecule has 0 aliphatic heterocycles. The van der Waals surface area contributed by atoms with E-state index in [0.717, 1.165) is 10.0 Å². The molecule has 0 saturated carbocycles. The molecule has 1 N–H and O–H groups in total. The van der Waals surface area contributed by atoms with Crippen molar-refractivity contribution in [2.45, 2.75) is 20.0 Å². The zero-order valence-corrected chi connectivity index (χ0v) is 10.2. The SMILES string of the molecule is CCOC(=O)C(O)c1cccc(C)c1Br. The summed E-state index contributed by atoms with van der Waals surface area (Å²) in [6.07, 6.45) is -1.22. The van der Waals surface area contributed by atoms with Crippen molar-refractivity contribution < 1.29 is 14.6 Å². The lowest BCUT2D eigenvalue weighted by atomic mass is 10.1. The summed E-state index contributed by atoms with van der Waals surface area (Å²) in [5.74, 6) is -0.621. The lowest BCUT2D eigenvalue weighted by Gasteiger charge is -2.12. The molecule has 82 valence electrons. The topological polar surface area (TPSA) is 46.5 Å². The van der Waals surface area contributed by atoms with E-state index >= 15 is 0 Å². The predicted molar refractivity (Wildman–Crippen MR) is 60.5 cm³/mol. The largest absolute Gasteiger partial charge is 0.464 e. The maximum atomic E-state index is 11.3. The van der Waals surface area contributed by atoms with E-state index in [1.807, 2.05) is 13.0 Å². The molecule has 1 atom stereocenters. The third-order valence-electron chi connectivity index (χ3n) is 2.03. The first-order chi connectivity index (χ1) is 7.07. The van der Waals surface area contributed by atoms with Crippen LogP contribution < -0.4 is 0 Å². The summed E-state index contributed by atoms with van der Waals surface area (Å²) >= 11 is 3.33. The lowest BCUT2D eigenvalue weighted by Crippen LogP contribution is -2.16. The molecule has 1 aromatic rings. The number of carbonyl (C=O) groups excluding carboxylic acids is 1. The second kappa shape index (κ2) is 5.28. The number of hydrogen-bond acceptors (Lipinski definition) is 3. The Balaban J connectivity index is 2.96. The average molecular weight is 273 g/mol. The molecular formula is C11H13BrO3. The summed E-state index contributed by atoms with van der Waals surface area (Å²) in [4.78, 5) is 11.3.